The van der Waals surface area contributed by atoms with E-state index in [4.69, 9.17) is 16.1 Å². The maximum atomic E-state index is 12.5. The predicted molar refractivity (Wildman–Crippen MR) is 95.5 cm³/mol. The molecule has 0 fully saturated rings. The number of halogens is 1. The van der Waals surface area contributed by atoms with E-state index in [-0.39, 0.29) is 11.6 Å². The third-order valence-corrected chi connectivity index (χ3v) is 4.07. The van der Waals surface area contributed by atoms with E-state index in [9.17, 15) is 4.79 Å². The molecule has 3 rings (SSSR count). The summed E-state index contributed by atoms with van der Waals surface area (Å²) in [4.78, 5) is 12.5. The van der Waals surface area contributed by atoms with Crippen molar-refractivity contribution >= 4 is 23.2 Å². The van der Waals surface area contributed by atoms with Crippen LogP contribution in [0.3, 0.4) is 0 Å². The molecule has 3 aromatic rings. The number of hydrogen-bond donors (Lipinski definition) is 1. The van der Waals surface area contributed by atoms with Crippen LogP contribution in [0.5, 0.6) is 0 Å². The first-order valence-electron chi connectivity index (χ1n) is 7.71. The van der Waals surface area contributed by atoms with Crippen LogP contribution >= 0.6 is 11.6 Å². The molecule has 1 heterocycles. The smallest absolute Gasteiger partial charge is 0.277 e. The molecule has 0 bridgehead atoms. The highest BCUT2D eigenvalue weighted by atomic mass is 35.5. The number of carbonyl (C=O) groups excluding carboxylic acids is 1. The Morgan fingerprint density at radius 2 is 2.00 bits per heavy atom. The fraction of sp³-hybridized carbons (Fsp3) is 0.158. The van der Waals surface area contributed by atoms with Gasteiger partial charge < -0.3 is 9.84 Å². The van der Waals surface area contributed by atoms with Gasteiger partial charge in [-0.25, -0.2) is 0 Å². The summed E-state index contributed by atoms with van der Waals surface area (Å²) in [5, 5.41) is 7.41. The van der Waals surface area contributed by atoms with Crippen LogP contribution in [0.25, 0.3) is 11.3 Å². The Bertz CT molecular complexity index is 887. The van der Waals surface area contributed by atoms with Crippen molar-refractivity contribution in [2.75, 3.05) is 5.32 Å². The predicted octanol–water partition coefficient (Wildman–Crippen LogP) is 5.12. The maximum absolute atomic E-state index is 12.5. The molecule has 5 heteroatoms. The van der Waals surface area contributed by atoms with Crippen LogP contribution in [0, 0.1) is 6.92 Å². The van der Waals surface area contributed by atoms with Gasteiger partial charge in [0.15, 0.2) is 11.5 Å². The molecule has 0 spiro atoms. The molecule has 24 heavy (non-hydrogen) atoms. The molecular weight excluding hydrogens is 324 g/mol. The number of rotatable bonds is 4. The Hall–Kier alpha value is -2.59. The van der Waals surface area contributed by atoms with Crippen molar-refractivity contribution in [2.45, 2.75) is 20.3 Å². The second-order valence-corrected chi connectivity index (χ2v) is 5.94. The molecule has 0 atom stereocenters. The lowest BCUT2D eigenvalue weighted by Crippen LogP contribution is -2.14. The summed E-state index contributed by atoms with van der Waals surface area (Å²) in [7, 11) is 0. The van der Waals surface area contributed by atoms with Gasteiger partial charge in [-0.05, 0) is 36.6 Å². The standard InChI is InChI=1S/C19H17ClN2O2/c1-3-13-7-4-6-12(2)18(13)21-19(23)16-11-17(24-22-16)14-8-5-9-15(20)10-14/h4-11H,3H2,1-2H3,(H,21,23). The van der Waals surface area contributed by atoms with E-state index >= 15 is 0 Å². The number of carbonyl (C=O) groups is 1. The van der Waals surface area contributed by atoms with Crippen LogP contribution in [-0.4, -0.2) is 11.1 Å². The van der Waals surface area contributed by atoms with Crippen molar-refractivity contribution < 1.29 is 9.32 Å². The first kappa shape index (κ1) is 16.3. The highest BCUT2D eigenvalue weighted by Gasteiger charge is 2.16. The third-order valence-electron chi connectivity index (χ3n) is 3.83. The molecule has 0 aliphatic rings. The highest BCUT2D eigenvalue weighted by molar-refractivity contribution is 6.30. The van der Waals surface area contributed by atoms with Gasteiger partial charge >= 0.3 is 0 Å². The lowest BCUT2D eigenvalue weighted by molar-refractivity contribution is 0.101. The van der Waals surface area contributed by atoms with E-state index in [1.807, 2.05) is 37.3 Å². The zero-order chi connectivity index (χ0) is 17.1. The summed E-state index contributed by atoms with van der Waals surface area (Å²) in [5.41, 5.74) is 3.94. The van der Waals surface area contributed by atoms with Gasteiger partial charge in [-0.1, -0.05) is 54.0 Å². The topological polar surface area (TPSA) is 55.1 Å². The maximum Gasteiger partial charge on any atom is 0.277 e. The van der Waals surface area contributed by atoms with Crippen LogP contribution in [0.15, 0.2) is 53.1 Å². The van der Waals surface area contributed by atoms with Gasteiger partial charge in [0, 0.05) is 22.3 Å². The Labute approximate surface area is 145 Å². The van der Waals surface area contributed by atoms with E-state index in [1.165, 1.54) is 0 Å². The van der Waals surface area contributed by atoms with Crippen molar-refractivity contribution in [3.05, 3.63) is 70.4 Å². The second kappa shape index (κ2) is 6.89. The van der Waals surface area contributed by atoms with Gasteiger partial charge in [-0.3, -0.25) is 4.79 Å². The molecule has 0 radical (unpaired) electrons. The largest absolute Gasteiger partial charge is 0.355 e. The zero-order valence-electron chi connectivity index (χ0n) is 13.5. The number of aromatic nitrogens is 1. The lowest BCUT2D eigenvalue weighted by atomic mass is 10.1. The minimum absolute atomic E-state index is 0.232. The molecule has 0 aliphatic carbocycles. The van der Waals surface area contributed by atoms with Gasteiger partial charge in [0.05, 0.1) is 0 Å². The molecule has 0 saturated carbocycles. The number of amides is 1. The monoisotopic (exact) mass is 340 g/mol. The molecule has 1 N–H and O–H groups in total. The van der Waals surface area contributed by atoms with Crippen molar-refractivity contribution in [2.24, 2.45) is 0 Å². The van der Waals surface area contributed by atoms with Crippen LogP contribution < -0.4 is 5.32 Å². The Morgan fingerprint density at radius 3 is 2.75 bits per heavy atom. The third kappa shape index (κ3) is 3.34. The zero-order valence-corrected chi connectivity index (χ0v) is 14.2. The minimum Gasteiger partial charge on any atom is -0.355 e. The number of benzene rings is 2. The van der Waals surface area contributed by atoms with Gasteiger partial charge in [0.1, 0.15) is 0 Å². The number of hydrogen-bond acceptors (Lipinski definition) is 3. The fourth-order valence-corrected chi connectivity index (χ4v) is 2.73. The summed E-state index contributed by atoms with van der Waals surface area (Å²) < 4.78 is 5.28. The molecule has 1 amide bonds. The average Bonchev–Trinajstić information content (AvgIpc) is 3.07. The molecule has 1 aromatic heterocycles. The van der Waals surface area contributed by atoms with Crippen molar-refractivity contribution in [3.63, 3.8) is 0 Å². The second-order valence-electron chi connectivity index (χ2n) is 5.50. The summed E-state index contributed by atoms with van der Waals surface area (Å²) in [6, 6.07) is 14.8. The number of nitrogens with one attached hydrogen (secondary N) is 1. The first-order chi connectivity index (χ1) is 11.6. The molecule has 0 aliphatic heterocycles. The van der Waals surface area contributed by atoms with E-state index in [2.05, 4.69) is 17.4 Å². The number of para-hydroxylation sites is 1. The summed E-state index contributed by atoms with van der Waals surface area (Å²) in [6.45, 7) is 4.02. The molecule has 0 saturated heterocycles. The molecule has 4 nitrogen and oxygen atoms in total. The van der Waals surface area contributed by atoms with Gasteiger partial charge in [-0.2, -0.15) is 0 Å². The number of nitrogens with zero attached hydrogens (tertiary/aromatic N) is 1. The van der Waals surface area contributed by atoms with Crippen LogP contribution in [0.1, 0.15) is 28.5 Å². The summed E-state index contributed by atoms with van der Waals surface area (Å²) in [6.07, 6.45) is 0.837. The SMILES string of the molecule is CCc1cccc(C)c1NC(=O)c1cc(-c2cccc(Cl)c2)on1. The highest BCUT2D eigenvalue weighted by Crippen LogP contribution is 2.25. The minimum atomic E-state index is -0.295. The molecular formula is C19H17ClN2O2. The summed E-state index contributed by atoms with van der Waals surface area (Å²) >= 11 is 5.98. The van der Waals surface area contributed by atoms with Crippen molar-refractivity contribution in [1.82, 2.24) is 5.16 Å². The van der Waals surface area contributed by atoms with Gasteiger partial charge in [0.2, 0.25) is 0 Å². The molecule has 122 valence electrons. The quantitative estimate of drug-likeness (QED) is 0.717. The van der Waals surface area contributed by atoms with E-state index in [1.54, 1.807) is 18.2 Å². The summed E-state index contributed by atoms with van der Waals surface area (Å²) in [5.74, 6) is 0.208. The van der Waals surface area contributed by atoms with Crippen LogP contribution in [-0.2, 0) is 6.42 Å². The van der Waals surface area contributed by atoms with Crippen molar-refractivity contribution in [1.29, 1.82) is 0 Å². The van der Waals surface area contributed by atoms with Crippen molar-refractivity contribution in [3.8, 4) is 11.3 Å². The Kier molecular flexibility index (Phi) is 4.67. The fourth-order valence-electron chi connectivity index (χ4n) is 2.54. The van der Waals surface area contributed by atoms with E-state index in [0.717, 1.165) is 28.8 Å². The van der Waals surface area contributed by atoms with E-state index in [0.29, 0.717) is 10.8 Å². The van der Waals surface area contributed by atoms with Gasteiger partial charge in [-0.15, -0.1) is 0 Å². The van der Waals surface area contributed by atoms with Crippen LogP contribution in [0.4, 0.5) is 5.69 Å². The van der Waals surface area contributed by atoms with Gasteiger partial charge in [0.25, 0.3) is 5.91 Å². The van der Waals surface area contributed by atoms with E-state index < -0.39 is 0 Å². The lowest BCUT2D eigenvalue weighted by Gasteiger charge is -2.11. The first-order valence-corrected chi connectivity index (χ1v) is 8.08. The Morgan fingerprint density at radius 1 is 1.21 bits per heavy atom. The number of anilines is 1. The molecule has 0 unspecified atom stereocenters. The average molecular weight is 341 g/mol. The Balaban J connectivity index is 1.85. The normalized spacial score (nSPS) is 10.6. The number of aryl methyl sites for hydroxylation is 2. The van der Waals surface area contributed by atoms with Crippen LogP contribution in [0.2, 0.25) is 5.02 Å². The molecule has 2 aromatic carbocycles.